The SMILES string of the molecule is CC(C)(C)c1ccccc1OCC(=O)Nc1ccccc1C(=O)NCC1CCCO1. The Labute approximate surface area is 178 Å². The minimum Gasteiger partial charge on any atom is -0.483 e. The molecule has 2 aromatic carbocycles. The van der Waals surface area contributed by atoms with Gasteiger partial charge in [0.2, 0.25) is 0 Å². The first-order valence-corrected chi connectivity index (χ1v) is 10.4. The molecule has 0 aromatic heterocycles. The van der Waals surface area contributed by atoms with Crippen LogP contribution in [0.3, 0.4) is 0 Å². The Morgan fingerprint density at radius 2 is 1.83 bits per heavy atom. The van der Waals surface area contributed by atoms with Crippen LogP contribution in [-0.2, 0) is 14.9 Å². The molecule has 2 N–H and O–H groups in total. The molecule has 1 saturated heterocycles. The number of carbonyl (C=O) groups excluding carboxylic acids is 2. The van der Waals surface area contributed by atoms with Crippen LogP contribution in [0.15, 0.2) is 48.5 Å². The lowest BCUT2D eigenvalue weighted by Crippen LogP contribution is -2.32. The molecule has 0 aliphatic carbocycles. The van der Waals surface area contributed by atoms with Crippen LogP contribution >= 0.6 is 0 Å². The van der Waals surface area contributed by atoms with Gasteiger partial charge in [-0.1, -0.05) is 51.1 Å². The van der Waals surface area contributed by atoms with E-state index in [1.165, 1.54) is 0 Å². The van der Waals surface area contributed by atoms with Crippen LogP contribution in [0.1, 0.15) is 49.5 Å². The molecule has 30 heavy (non-hydrogen) atoms. The summed E-state index contributed by atoms with van der Waals surface area (Å²) in [4.78, 5) is 25.1. The maximum absolute atomic E-state index is 12.6. The summed E-state index contributed by atoms with van der Waals surface area (Å²) in [5, 5.41) is 5.68. The summed E-state index contributed by atoms with van der Waals surface area (Å²) in [5.74, 6) is 0.126. The summed E-state index contributed by atoms with van der Waals surface area (Å²) in [6, 6.07) is 14.7. The predicted molar refractivity (Wildman–Crippen MR) is 117 cm³/mol. The van der Waals surface area contributed by atoms with Crippen LogP contribution in [0.2, 0.25) is 0 Å². The van der Waals surface area contributed by atoms with Gasteiger partial charge in [0.05, 0.1) is 17.4 Å². The van der Waals surface area contributed by atoms with Crippen molar-refractivity contribution in [2.45, 2.75) is 45.1 Å². The van der Waals surface area contributed by atoms with E-state index in [1.54, 1.807) is 24.3 Å². The molecular weight excluding hydrogens is 380 g/mol. The van der Waals surface area contributed by atoms with Crippen molar-refractivity contribution in [3.05, 3.63) is 59.7 Å². The molecule has 1 fully saturated rings. The average Bonchev–Trinajstić information content (AvgIpc) is 3.24. The van der Waals surface area contributed by atoms with Gasteiger partial charge in [0, 0.05) is 13.2 Å². The van der Waals surface area contributed by atoms with E-state index < -0.39 is 0 Å². The van der Waals surface area contributed by atoms with Gasteiger partial charge in [0.25, 0.3) is 11.8 Å². The highest BCUT2D eigenvalue weighted by molar-refractivity contribution is 6.04. The molecule has 2 amide bonds. The minimum atomic E-state index is -0.321. The third kappa shape index (κ3) is 5.83. The van der Waals surface area contributed by atoms with Gasteiger partial charge in [-0.05, 0) is 42.0 Å². The van der Waals surface area contributed by atoms with Crippen molar-refractivity contribution >= 4 is 17.5 Å². The Hall–Kier alpha value is -2.86. The number of ether oxygens (including phenoxy) is 2. The van der Waals surface area contributed by atoms with Gasteiger partial charge >= 0.3 is 0 Å². The number of hydrogen-bond donors (Lipinski definition) is 2. The molecule has 0 radical (unpaired) electrons. The zero-order chi connectivity index (χ0) is 21.6. The maximum Gasteiger partial charge on any atom is 0.262 e. The number of amides is 2. The highest BCUT2D eigenvalue weighted by Crippen LogP contribution is 2.30. The zero-order valence-corrected chi connectivity index (χ0v) is 17.9. The summed E-state index contributed by atoms with van der Waals surface area (Å²) in [5.41, 5.74) is 1.81. The second-order valence-corrected chi connectivity index (χ2v) is 8.47. The van der Waals surface area contributed by atoms with Crippen molar-refractivity contribution in [2.24, 2.45) is 0 Å². The number of carbonyl (C=O) groups is 2. The van der Waals surface area contributed by atoms with Crippen molar-refractivity contribution in [2.75, 3.05) is 25.1 Å². The Kier molecular flexibility index (Phi) is 7.11. The molecule has 2 aromatic rings. The third-order valence-corrected chi connectivity index (χ3v) is 5.01. The van der Waals surface area contributed by atoms with Crippen molar-refractivity contribution < 1.29 is 19.1 Å². The summed E-state index contributed by atoms with van der Waals surface area (Å²) in [7, 11) is 0. The van der Waals surface area contributed by atoms with Crippen molar-refractivity contribution in [1.29, 1.82) is 0 Å². The average molecular weight is 411 g/mol. The molecule has 6 nitrogen and oxygen atoms in total. The fraction of sp³-hybridized carbons (Fsp3) is 0.417. The quantitative estimate of drug-likeness (QED) is 0.726. The fourth-order valence-corrected chi connectivity index (χ4v) is 3.44. The van der Waals surface area contributed by atoms with Gasteiger partial charge in [0.1, 0.15) is 5.75 Å². The molecule has 1 atom stereocenters. The topological polar surface area (TPSA) is 76.7 Å². The van der Waals surface area contributed by atoms with Crippen LogP contribution in [0.5, 0.6) is 5.75 Å². The number of rotatable bonds is 7. The van der Waals surface area contributed by atoms with E-state index in [0.29, 0.717) is 23.5 Å². The molecule has 3 rings (SSSR count). The Morgan fingerprint density at radius 1 is 1.10 bits per heavy atom. The first-order chi connectivity index (χ1) is 14.3. The van der Waals surface area contributed by atoms with Crippen molar-refractivity contribution in [3.63, 3.8) is 0 Å². The van der Waals surface area contributed by atoms with E-state index in [0.717, 1.165) is 25.0 Å². The summed E-state index contributed by atoms with van der Waals surface area (Å²) in [6.45, 7) is 7.36. The number of hydrogen-bond acceptors (Lipinski definition) is 4. The molecule has 1 aliphatic heterocycles. The van der Waals surface area contributed by atoms with Crippen LogP contribution in [0, 0.1) is 0 Å². The summed E-state index contributed by atoms with van der Waals surface area (Å²) in [6.07, 6.45) is 2.03. The molecule has 1 unspecified atom stereocenters. The van der Waals surface area contributed by atoms with Gasteiger partial charge in [0.15, 0.2) is 6.61 Å². The summed E-state index contributed by atoms with van der Waals surface area (Å²) >= 11 is 0. The van der Waals surface area contributed by atoms with Gasteiger partial charge in [-0.25, -0.2) is 0 Å². The van der Waals surface area contributed by atoms with Gasteiger partial charge < -0.3 is 20.1 Å². The molecule has 1 heterocycles. The van der Waals surface area contributed by atoms with Crippen molar-refractivity contribution in [1.82, 2.24) is 5.32 Å². The van der Waals surface area contributed by atoms with Crippen LogP contribution in [0.25, 0.3) is 0 Å². The van der Waals surface area contributed by atoms with Gasteiger partial charge in [-0.2, -0.15) is 0 Å². The van der Waals surface area contributed by atoms with E-state index in [2.05, 4.69) is 31.4 Å². The molecular formula is C24H30N2O4. The molecule has 6 heteroatoms. The van der Waals surface area contributed by atoms with E-state index in [-0.39, 0.29) is 29.9 Å². The van der Waals surface area contributed by atoms with E-state index in [4.69, 9.17) is 9.47 Å². The van der Waals surface area contributed by atoms with E-state index >= 15 is 0 Å². The molecule has 1 aliphatic rings. The Morgan fingerprint density at radius 3 is 2.57 bits per heavy atom. The lowest BCUT2D eigenvalue weighted by atomic mass is 9.86. The minimum absolute atomic E-state index is 0.0620. The monoisotopic (exact) mass is 410 g/mol. The normalized spacial score (nSPS) is 16.2. The molecule has 0 bridgehead atoms. The Bertz CT molecular complexity index is 883. The number of para-hydroxylation sites is 2. The van der Waals surface area contributed by atoms with Crippen LogP contribution in [-0.4, -0.2) is 37.7 Å². The highest BCUT2D eigenvalue weighted by Gasteiger charge is 2.20. The second kappa shape index (κ2) is 9.76. The smallest absolute Gasteiger partial charge is 0.262 e. The lowest BCUT2D eigenvalue weighted by molar-refractivity contribution is -0.118. The van der Waals surface area contributed by atoms with Crippen LogP contribution in [0.4, 0.5) is 5.69 Å². The maximum atomic E-state index is 12.6. The van der Waals surface area contributed by atoms with Gasteiger partial charge in [-0.3, -0.25) is 9.59 Å². The molecule has 160 valence electrons. The lowest BCUT2D eigenvalue weighted by Gasteiger charge is -2.22. The van der Waals surface area contributed by atoms with E-state index in [9.17, 15) is 9.59 Å². The zero-order valence-electron chi connectivity index (χ0n) is 17.9. The Balaban J connectivity index is 1.60. The predicted octanol–water partition coefficient (Wildman–Crippen LogP) is 3.91. The second-order valence-electron chi connectivity index (χ2n) is 8.47. The van der Waals surface area contributed by atoms with Crippen LogP contribution < -0.4 is 15.4 Å². The third-order valence-electron chi connectivity index (χ3n) is 5.01. The van der Waals surface area contributed by atoms with Crippen molar-refractivity contribution in [3.8, 4) is 5.75 Å². The molecule has 0 saturated carbocycles. The standard InChI is InChI=1S/C24H30N2O4/c1-24(2,3)19-11-5-7-13-21(19)30-16-22(27)26-20-12-6-4-10-18(20)23(28)25-15-17-9-8-14-29-17/h4-7,10-13,17H,8-9,14-16H2,1-3H3,(H,25,28)(H,26,27). The first-order valence-electron chi connectivity index (χ1n) is 10.4. The van der Waals surface area contributed by atoms with E-state index in [1.807, 2.05) is 24.3 Å². The summed E-state index contributed by atoms with van der Waals surface area (Å²) < 4.78 is 11.3. The highest BCUT2D eigenvalue weighted by atomic mass is 16.5. The van der Waals surface area contributed by atoms with Gasteiger partial charge in [-0.15, -0.1) is 0 Å². The molecule has 0 spiro atoms. The number of anilines is 1. The first kappa shape index (κ1) is 21.8. The fourth-order valence-electron chi connectivity index (χ4n) is 3.44. The number of benzene rings is 2. The largest absolute Gasteiger partial charge is 0.483 e. The number of nitrogens with one attached hydrogen (secondary N) is 2.